The molecule has 0 aliphatic rings. The van der Waals surface area contributed by atoms with Gasteiger partial charge in [0.1, 0.15) is 17.2 Å². The molecule has 0 atom stereocenters. The second kappa shape index (κ2) is 3.53. The molecule has 0 spiro atoms. The number of phenols is 2. The van der Waals surface area contributed by atoms with Crippen molar-refractivity contribution in [3.05, 3.63) is 42.5 Å². The van der Waals surface area contributed by atoms with Gasteiger partial charge in [-0.1, -0.05) is 30.3 Å². The van der Waals surface area contributed by atoms with Crippen LogP contribution in [0.3, 0.4) is 0 Å². The van der Waals surface area contributed by atoms with E-state index in [-0.39, 0.29) is 17.2 Å². The van der Waals surface area contributed by atoms with Gasteiger partial charge in [0.25, 0.3) is 0 Å². The van der Waals surface area contributed by atoms with Crippen molar-refractivity contribution in [2.24, 2.45) is 0 Å². The van der Waals surface area contributed by atoms with E-state index in [0.717, 1.165) is 5.56 Å². The van der Waals surface area contributed by atoms with Gasteiger partial charge in [-0.3, -0.25) is 0 Å². The van der Waals surface area contributed by atoms with Crippen LogP contribution in [0.15, 0.2) is 42.5 Å². The Morgan fingerprint density at radius 2 is 1.53 bits per heavy atom. The van der Waals surface area contributed by atoms with Crippen LogP contribution in [-0.2, 0) is 0 Å². The molecular formula is C12H11NO2. The molecule has 0 radical (unpaired) electrons. The summed E-state index contributed by atoms with van der Waals surface area (Å²) in [5.74, 6) is -0.187. The number of hydrogen-bond donors (Lipinski definition) is 3. The highest BCUT2D eigenvalue weighted by molar-refractivity contribution is 5.79. The van der Waals surface area contributed by atoms with Crippen molar-refractivity contribution in [2.45, 2.75) is 0 Å². The van der Waals surface area contributed by atoms with Crippen molar-refractivity contribution in [2.75, 3.05) is 5.73 Å². The smallest absolute Gasteiger partial charge is 0.150 e. The zero-order valence-electron chi connectivity index (χ0n) is 8.01. The fourth-order valence-electron chi connectivity index (χ4n) is 1.45. The van der Waals surface area contributed by atoms with Crippen LogP contribution in [0.4, 0.5) is 5.69 Å². The van der Waals surface area contributed by atoms with Gasteiger partial charge in [-0.25, -0.2) is 0 Å². The van der Waals surface area contributed by atoms with Gasteiger partial charge in [0.15, 0.2) is 0 Å². The highest BCUT2D eigenvalue weighted by Gasteiger charge is 2.09. The molecule has 0 aliphatic carbocycles. The minimum atomic E-state index is -0.104. The molecule has 0 fully saturated rings. The molecule has 0 unspecified atom stereocenters. The zero-order chi connectivity index (χ0) is 10.8. The van der Waals surface area contributed by atoms with Crippen molar-refractivity contribution in [3.8, 4) is 22.6 Å². The van der Waals surface area contributed by atoms with Gasteiger partial charge >= 0.3 is 0 Å². The van der Waals surface area contributed by atoms with Gasteiger partial charge in [-0.2, -0.15) is 0 Å². The zero-order valence-corrected chi connectivity index (χ0v) is 8.01. The van der Waals surface area contributed by atoms with E-state index in [1.807, 2.05) is 30.3 Å². The Morgan fingerprint density at radius 1 is 0.867 bits per heavy atom. The first-order valence-corrected chi connectivity index (χ1v) is 4.56. The normalized spacial score (nSPS) is 10.1. The predicted molar refractivity (Wildman–Crippen MR) is 59.6 cm³/mol. The average Bonchev–Trinajstić information content (AvgIpc) is 2.27. The van der Waals surface area contributed by atoms with Gasteiger partial charge in [-0.05, 0) is 17.7 Å². The van der Waals surface area contributed by atoms with Crippen LogP contribution in [0.25, 0.3) is 11.1 Å². The minimum absolute atomic E-state index is 0.0105. The lowest BCUT2D eigenvalue weighted by Gasteiger charge is -2.08. The summed E-state index contributed by atoms with van der Waals surface area (Å²) in [6.07, 6.45) is 0. The third-order valence-corrected chi connectivity index (χ3v) is 2.28. The van der Waals surface area contributed by atoms with E-state index in [1.54, 1.807) is 6.07 Å². The molecule has 15 heavy (non-hydrogen) atoms. The maximum absolute atomic E-state index is 9.75. The van der Waals surface area contributed by atoms with E-state index >= 15 is 0 Å². The molecule has 0 bridgehead atoms. The molecule has 0 heterocycles. The Morgan fingerprint density at radius 3 is 2.20 bits per heavy atom. The number of phenolic OH excluding ortho intramolecular Hbond substituents is 2. The first-order chi connectivity index (χ1) is 7.20. The quantitative estimate of drug-likeness (QED) is 0.490. The fraction of sp³-hybridized carbons (Fsp3) is 0. The van der Waals surface area contributed by atoms with Gasteiger partial charge in [-0.15, -0.1) is 0 Å². The molecule has 2 aromatic carbocycles. The number of hydrogen-bond acceptors (Lipinski definition) is 3. The Bertz CT molecular complexity index is 480. The van der Waals surface area contributed by atoms with Crippen LogP contribution in [0, 0.1) is 0 Å². The van der Waals surface area contributed by atoms with Gasteiger partial charge < -0.3 is 15.9 Å². The van der Waals surface area contributed by atoms with Crippen molar-refractivity contribution in [1.82, 2.24) is 0 Å². The highest BCUT2D eigenvalue weighted by Crippen LogP contribution is 2.38. The molecule has 2 rings (SSSR count). The molecule has 0 amide bonds. The summed E-state index contributed by atoms with van der Waals surface area (Å²) >= 11 is 0. The molecule has 0 aromatic heterocycles. The van der Waals surface area contributed by atoms with Crippen molar-refractivity contribution >= 4 is 5.69 Å². The van der Waals surface area contributed by atoms with E-state index in [2.05, 4.69) is 0 Å². The van der Waals surface area contributed by atoms with Crippen LogP contribution in [0.2, 0.25) is 0 Å². The lowest BCUT2D eigenvalue weighted by molar-refractivity contribution is 0.456. The summed E-state index contributed by atoms with van der Waals surface area (Å²) in [5.41, 5.74) is 7.01. The summed E-state index contributed by atoms with van der Waals surface area (Å²) < 4.78 is 0. The Hall–Kier alpha value is -2.16. The Balaban J connectivity index is 2.60. The Kier molecular flexibility index (Phi) is 2.21. The van der Waals surface area contributed by atoms with Crippen molar-refractivity contribution in [3.63, 3.8) is 0 Å². The second-order valence-electron chi connectivity index (χ2n) is 3.26. The van der Waals surface area contributed by atoms with Crippen LogP contribution in [0.1, 0.15) is 0 Å². The van der Waals surface area contributed by atoms with Gasteiger partial charge in [0, 0.05) is 5.56 Å². The average molecular weight is 201 g/mol. The van der Waals surface area contributed by atoms with Crippen molar-refractivity contribution in [1.29, 1.82) is 0 Å². The van der Waals surface area contributed by atoms with E-state index in [9.17, 15) is 10.2 Å². The number of anilines is 1. The topological polar surface area (TPSA) is 66.5 Å². The molecule has 4 N–H and O–H groups in total. The fourth-order valence-corrected chi connectivity index (χ4v) is 1.45. The Labute approximate surface area is 87.4 Å². The summed E-state index contributed by atoms with van der Waals surface area (Å²) in [7, 11) is 0. The lowest BCUT2D eigenvalue weighted by atomic mass is 10.0. The molecule has 2 aromatic rings. The van der Waals surface area contributed by atoms with Gasteiger partial charge in [0.2, 0.25) is 0 Å². The van der Waals surface area contributed by atoms with E-state index in [1.165, 1.54) is 6.07 Å². The highest BCUT2D eigenvalue weighted by atomic mass is 16.3. The standard InChI is InChI=1S/C12H11NO2/c13-11-10(14)7-6-9(12(11)15)8-4-2-1-3-5-8/h1-7,14-15H,13H2. The summed E-state index contributed by atoms with van der Waals surface area (Å²) in [4.78, 5) is 0. The largest absolute Gasteiger partial charge is 0.506 e. The maximum atomic E-state index is 9.75. The van der Waals surface area contributed by atoms with E-state index in [4.69, 9.17) is 5.73 Å². The number of aromatic hydroxyl groups is 2. The molecule has 3 heteroatoms. The lowest BCUT2D eigenvalue weighted by Crippen LogP contribution is -1.88. The van der Waals surface area contributed by atoms with Gasteiger partial charge in [0.05, 0.1) is 0 Å². The molecule has 76 valence electrons. The van der Waals surface area contributed by atoms with E-state index in [0.29, 0.717) is 5.56 Å². The van der Waals surface area contributed by atoms with E-state index < -0.39 is 0 Å². The molecule has 0 saturated carbocycles. The molecule has 3 nitrogen and oxygen atoms in total. The maximum Gasteiger partial charge on any atom is 0.150 e. The minimum Gasteiger partial charge on any atom is -0.506 e. The number of nitrogen functional groups attached to an aromatic ring is 1. The second-order valence-corrected chi connectivity index (χ2v) is 3.26. The summed E-state index contributed by atoms with van der Waals surface area (Å²) in [6, 6.07) is 12.5. The number of nitrogens with two attached hydrogens (primary N) is 1. The van der Waals surface area contributed by atoms with Crippen LogP contribution in [-0.4, -0.2) is 10.2 Å². The van der Waals surface area contributed by atoms with Crippen LogP contribution < -0.4 is 5.73 Å². The summed E-state index contributed by atoms with van der Waals surface area (Å²) in [5, 5.41) is 19.0. The molecule has 0 aliphatic heterocycles. The van der Waals surface area contributed by atoms with Crippen LogP contribution in [0.5, 0.6) is 11.5 Å². The third kappa shape index (κ3) is 1.59. The first kappa shape index (κ1) is 9.40. The number of rotatable bonds is 1. The van der Waals surface area contributed by atoms with Crippen molar-refractivity contribution < 1.29 is 10.2 Å². The third-order valence-electron chi connectivity index (χ3n) is 2.28. The SMILES string of the molecule is Nc1c(O)ccc(-c2ccccc2)c1O. The predicted octanol–water partition coefficient (Wildman–Crippen LogP) is 2.35. The number of benzene rings is 2. The molecular weight excluding hydrogens is 190 g/mol. The first-order valence-electron chi connectivity index (χ1n) is 4.56. The molecule has 0 saturated heterocycles. The van der Waals surface area contributed by atoms with Crippen LogP contribution >= 0.6 is 0 Å². The monoisotopic (exact) mass is 201 g/mol. The summed E-state index contributed by atoms with van der Waals surface area (Å²) in [6.45, 7) is 0.